The van der Waals surface area contributed by atoms with Crippen LogP contribution in [0.15, 0.2) is 42.6 Å². The molecule has 4 N–H and O–H groups in total. The Bertz CT molecular complexity index is 1160. The number of nitrogens with one attached hydrogen (secondary N) is 3. The molecular formula is C23H25ClN4O5. The minimum atomic E-state index is -0.424. The summed E-state index contributed by atoms with van der Waals surface area (Å²) in [6, 6.07) is 9.80. The number of hydroxylamine groups is 1. The summed E-state index contributed by atoms with van der Waals surface area (Å²) >= 11 is 6.43. The third kappa shape index (κ3) is 6.53. The van der Waals surface area contributed by atoms with Crippen LogP contribution in [0.1, 0.15) is 53.6 Å². The van der Waals surface area contributed by atoms with Crippen molar-refractivity contribution in [3.8, 4) is 0 Å². The molecule has 9 nitrogen and oxygen atoms in total. The third-order valence-electron chi connectivity index (χ3n) is 5.40. The number of nitrogens with zero attached hydrogens (tertiary/aromatic N) is 1. The number of carbonyl (C=O) groups excluding carboxylic acids is 2. The summed E-state index contributed by atoms with van der Waals surface area (Å²) in [7, 11) is 0. The first-order valence-corrected chi connectivity index (χ1v) is 11.0. The maximum Gasteiger partial charge on any atom is 0.270 e. The minimum absolute atomic E-state index is 0.0251. The van der Waals surface area contributed by atoms with Gasteiger partial charge in [0.05, 0.1) is 4.92 Å². The Hall–Kier alpha value is -3.43. The fourth-order valence-corrected chi connectivity index (χ4v) is 3.83. The number of rotatable bonds is 11. The maximum absolute atomic E-state index is 12.4. The average molecular weight is 473 g/mol. The van der Waals surface area contributed by atoms with Crippen LogP contribution in [0.2, 0.25) is 5.02 Å². The Morgan fingerprint density at radius 2 is 1.85 bits per heavy atom. The molecule has 33 heavy (non-hydrogen) atoms. The maximum atomic E-state index is 12.4. The molecule has 0 fully saturated rings. The van der Waals surface area contributed by atoms with Gasteiger partial charge in [0.25, 0.3) is 11.6 Å². The van der Waals surface area contributed by atoms with E-state index in [1.807, 2.05) is 6.20 Å². The van der Waals surface area contributed by atoms with Crippen LogP contribution in [0.4, 0.5) is 5.69 Å². The summed E-state index contributed by atoms with van der Waals surface area (Å²) in [6.45, 7) is 0.512. The normalized spacial score (nSPS) is 10.8. The molecule has 1 aromatic heterocycles. The first kappa shape index (κ1) is 24.2. The van der Waals surface area contributed by atoms with Gasteiger partial charge in [0.1, 0.15) is 0 Å². The van der Waals surface area contributed by atoms with Crippen molar-refractivity contribution in [3.63, 3.8) is 0 Å². The molecule has 0 aliphatic rings. The van der Waals surface area contributed by atoms with Gasteiger partial charge in [0, 0.05) is 59.2 Å². The number of H-pyrrole nitrogens is 1. The predicted molar refractivity (Wildman–Crippen MR) is 125 cm³/mol. The van der Waals surface area contributed by atoms with Crippen molar-refractivity contribution >= 4 is 40.0 Å². The Kier molecular flexibility index (Phi) is 8.39. The smallest absolute Gasteiger partial charge is 0.270 e. The lowest BCUT2D eigenvalue weighted by Crippen LogP contribution is -2.24. The number of nitro groups is 1. The molecule has 0 radical (unpaired) electrons. The minimum Gasteiger partial charge on any atom is -0.361 e. The van der Waals surface area contributed by atoms with Gasteiger partial charge in [-0.25, -0.2) is 5.48 Å². The molecule has 0 aliphatic carbocycles. The second kappa shape index (κ2) is 11.4. The second-order valence-corrected chi connectivity index (χ2v) is 8.15. The summed E-state index contributed by atoms with van der Waals surface area (Å²) < 4.78 is 0. The van der Waals surface area contributed by atoms with E-state index in [1.165, 1.54) is 12.1 Å². The molecule has 2 amide bonds. The number of hydrogen-bond acceptors (Lipinski definition) is 5. The van der Waals surface area contributed by atoms with E-state index in [0.717, 1.165) is 41.3 Å². The molecule has 0 saturated heterocycles. The highest BCUT2D eigenvalue weighted by Gasteiger charge is 2.13. The van der Waals surface area contributed by atoms with Crippen molar-refractivity contribution in [2.24, 2.45) is 0 Å². The molecule has 0 aliphatic heterocycles. The lowest BCUT2D eigenvalue weighted by Gasteiger charge is -2.08. The first-order chi connectivity index (χ1) is 15.9. The van der Waals surface area contributed by atoms with E-state index in [0.29, 0.717) is 30.0 Å². The van der Waals surface area contributed by atoms with E-state index in [-0.39, 0.29) is 18.0 Å². The van der Waals surface area contributed by atoms with Gasteiger partial charge in [-0.05, 0) is 42.2 Å². The van der Waals surface area contributed by atoms with Crippen molar-refractivity contribution in [3.05, 3.63) is 74.4 Å². The van der Waals surface area contributed by atoms with E-state index in [9.17, 15) is 19.7 Å². The Morgan fingerprint density at radius 3 is 2.58 bits per heavy atom. The summed E-state index contributed by atoms with van der Waals surface area (Å²) in [5, 5.41) is 23.6. The van der Waals surface area contributed by atoms with Gasteiger partial charge in [0.2, 0.25) is 5.91 Å². The van der Waals surface area contributed by atoms with Crippen molar-refractivity contribution in [2.75, 3.05) is 6.54 Å². The van der Waals surface area contributed by atoms with Crippen LogP contribution in [0.25, 0.3) is 10.9 Å². The van der Waals surface area contributed by atoms with E-state index < -0.39 is 10.8 Å². The van der Waals surface area contributed by atoms with Gasteiger partial charge in [-0.1, -0.05) is 30.5 Å². The van der Waals surface area contributed by atoms with Crippen LogP contribution in [0.3, 0.4) is 0 Å². The Balaban J connectivity index is 1.54. The molecule has 0 unspecified atom stereocenters. The molecule has 3 aromatic rings. The lowest BCUT2D eigenvalue weighted by molar-refractivity contribution is -0.384. The highest BCUT2D eigenvalue weighted by molar-refractivity contribution is 6.31. The number of halogens is 1. The van der Waals surface area contributed by atoms with Crippen molar-refractivity contribution in [1.82, 2.24) is 15.8 Å². The van der Waals surface area contributed by atoms with Crippen LogP contribution < -0.4 is 10.8 Å². The molecule has 1 heterocycles. The fourth-order valence-electron chi connectivity index (χ4n) is 3.59. The molecule has 0 spiro atoms. The van der Waals surface area contributed by atoms with Crippen LogP contribution >= 0.6 is 11.6 Å². The Labute approximate surface area is 195 Å². The highest BCUT2D eigenvalue weighted by atomic mass is 35.5. The van der Waals surface area contributed by atoms with Crippen LogP contribution in [0, 0.1) is 10.1 Å². The topological polar surface area (TPSA) is 137 Å². The van der Waals surface area contributed by atoms with Gasteiger partial charge >= 0.3 is 0 Å². The monoisotopic (exact) mass is 472 g/mol. The lowest BCUT2D eigenvalue weighted by atomic mass is 10.0. The SMILES string of the molecule is O=C(CCCCCCNC(=O)c1ccc(Cc2c[nH]c3ccc([N+](=O)[O-])cc23)c(Cl)c1)NO. The number of carbonyl (C=O) groups is 2. The molecule has 10 heteroatoms. The van der Waals surface area contributed by atoms with Gasteiger partial charge in [0.15, 0.2) is 0 Å². The molecule has 0 atom stereocenters. The number of nitro benzene ring substituents is 1. The van der Waals surface area contributed by atoms with Crippen molar-refractivity contribution in [1.29, 1.82) is 0 Å². The van der Waals surface area contributed by atoms with Crippen LogP contribution in [-0.2, 0) is 11.2 Å². The Morgan fingerprint density at radius 1 is 1.06 bits per heavy atom. The summed E-state index contributed by atoms with van der Waals surface area (Å²) in [5.41, 5.74) is 4.58. The first-order valence-electron chi connectivity index (χ1n) is 10.6. The van der Waals surface area contributed by atoms with Gasteiger partial charge < -0.3 is 10.3 Å². The summed E-state index contributed by atoms with van der Waals surface area (Å²) in [6.07, 6.45) is 5.72. The van der Waals surface area contributed by atoms with E-state index in [1.54, 1.807) is 29.7 Å². The molecule has 2 aromatic carbocycles. The third-order valence-corrected chi connectivity index (χ3v) is 5.75. The summed E-state index contributed by atoms with van der Waals surface area (Å²) in [5.74, 6) is -0.611. The number of aromatic nitrogens is 1. The number of benzene rings is 2. The zero-order valence-corrected chi connectivity index (χ0v) is 18.7. The largest absolute Gasteiger partial charge is 0.361 e. The molecule has 0 saturated carbocycles. The van der Waals surface area contributed by atoms with E-state index >= 15 is 0 Å². The van der Waals surface area contributed by atoms with Crippen LogP contribution in [-0.4, -0.2) is 33.5 Å². The predicted octanol–water partition coefficient (Wildman–Crippen LogP) is 4.51. The number of unbranched alkanes of at least 4 members (excludes halogenated alkanes) is 3. The quantitative estimate of drug-likeness (QED) is 0.141. The van der Waals surface area contributed by atoms with Gasteiger partial charge in [-0.2, -0.15) is 0 Å². The second-order valence-electron chi connectivity index (χ2n) is 7.74. The van der Waals surface area contributed by atoms with Gasteiger partial charge in [-0.3, -0.25) is 24.9 Å². The number of hydrogen-bond donors (Lipinski definition) is 4. The molecular weight excluding hydrogens is 448 g/mol. The highest BCUT2D eigenvalue weighted by Crippen LogP contribution is 2.28. The van der Waals surface area contributed by atoms with E-state index in [4.69, 9.17) is 16.8 Å². The van der Waals surface area contributed by atoms with Gasteiger partial charge in [-0.15, -0.1) is 0 Å². The molecule has 0 bridgehead atoms. The summed E-state index contributed by atoms with van der Waals surface area (Å²) in [4.78, 5) is 37.1. The van der Waals surface area contributed by atoms with Crippen LogP contribution in [0.5, 0.6) is 0 Å². The zero-order valence-electron chi connectivity index (χ0n) is 17.9. The average Bonchev–Trinajstić information content (AvgIpc) is 3.21. The molecule has 3 rings (SSSR count). The number of non-ortho nitro benzene ring substituents is 1. The standard InChI is InChI=1S/C23H25ClN4O5/c24-20-12-16(23(30)25-10-4-2-1-3-5-22(29)27-31)7-6-15(20)11-17-14-26-21-9-8-18(28(32)33)13-19(17)21/h6-9,12-14,26,31H,1-5,10-11H2,(H,25,30)(H,27,29). The van der Waals surface area contributed by atoms with Crippen molar-refractivity contribution < 1.29 is 19.7 Å². The number of aromatic amines is 1. The van der Waals surface area contributed by atoms with E-state index in [2.05, 4.69) is 10.3 Å². The zero-order chi connectivity index (χ0) is 23.8. The number of fused-ring (bicyclic) bond motifs is 1. The van der Waals surface area contributed by atoms with Crippen molar-refractivity contribution in [2.45, 2.75) is 38.5 Å². The molecule has 174 valence electrons. The fraction of sp³-hybridized carbons (Fsp3) is 0.304. The number of amides is 2.